The molecule has 0 bridgehead atoms. The number of piperazine rings is 1. The summed E-state index contributed by atoms with van der Waals surface area (Å²) in [4.78, 5) is 9.63. The van der Waals surface area contributed by atoms with Crippen molar-refractivity contribution in [3.63, 3.8) is 0 Å². The summed E-state index contributed by atoms with van der Waals surface area (Å²) in [6.45, 7) is 9.49. The third-order valence-corrected chi connectivity index (χ3v) is 4.71. The van der Waals surface area contributed by atoms with Gasteiger partial charge in [-0.3, -0.25) is 4.90 Å². The third kappa shape index (κ3) is 7.11. The number of rotatable bonds is 6. The predicted octanol–water partition coefficient (Wildman–Crippen LogP) is 2.27. The van der Waals surface area contributed by atoms with E-state index in [-0.39, 0.29) is 24.0 Å². The third-order valence-electron chi connectivity index (χ3n) is 4.71. The monoisotopic (exact) mass is 457 g/mol. The lowest BCUT2D eigenvalue weighted by Gasteiger charge is -2.32. The Morgan fingerprint density at radius 3 is 2.32 bits per heavy atom. The number of benzene rings is 1. The van der Waals surface area contributed by atoms with Gasteiger partial charge in [0.25, 0.3) is 0 Å². The summed E-state index contributed by atoms with van der Waals surface area (Å²) in [5.41, 5.74) is 2.67. The zero-order valence-corrected chi connectivity index (χ0v) is 17.8. The van der Waals surface area contributed by atoms with Gasteiger partial charge in [-0.1, -0.05) is 24.3 Å². The van der Waals surface area contributed by atoms with Crippen molar-refractivity contribution >= 4 is 29.9 Å². The molecular weight excluding hydrogens is 425 g/mol. The number of aliphatic imine (C=N–C) groups is 1. The quantitative estimate of drug-likeness (QED) is 0.391. The van der Waals surface area contributed by atoms with E-state index in [2.05, 4.69) is 58.7 Å². The highest BCUT2D eigenvalue weighted by Crippen LogP contribution is 2.18. The van der Waals surface area contributed by atoms with Crippen molar-refractivity contribution in [1.82, 2.24) is 20.4 Å². The predicted molar refractivity (Wildman–Crippen MR) is 116 cm³/mol. The zero-order chi connectivity index (χ0) is 16.8. The van der Waals surface area contributed by atoms with Gasteiger partial charge in [0.1, 0.15) is 0 Å². The molecule has 1 aliphatic heterocycles. The lowest BCUT2D eigenvalue weighted by atomic mass is 10.1. The molecule has 140 valence electrons. The summed E-state index contributed by atoms with van der Waals surface area (Å²) in [6.07, 6.45) is 2.54. The van der Waals surface area contributed by atoms with E-state index in [1.54, 1.807) is 0 Å². The molecule has 0 amide bonds. The Morgan fingerprint density at radius 1 is 1.08 bits per heavy atom. The van der Waals surface area contributed by atoms with Gasteiger partial charge in [0, 0.05) is 45.3 Å². The summed E-state index contributed by atoms with van der Waals surface area (Å²) >= 11 is 0. The first-order chi connectivity index (χ1) is 11.7. The van der Waals surface area contributed by atoms with Gasteiger partial charge < -0.3 is 15.5 Å². The molecule has 0 aromatic heterocycles. The second kappa shape index (κ2) is 10.3. The molecule has 6 heteroatoms. The lowest BCUT2D eigenvalue weighted by Crippen LogP contribution is -2.43. The Morgan fingerprint density at radius 2 is 1.72 bits per heavy atom. The Kier molecular flexibility index (Phi) is 8.45. The molecule has 1 aromatic carbocycles. The van der Waals surface area contributed by atoms with Gasteiger partial charge in [-0.25, -0.2) is 4.99 Å². The van der Waals surface area contributed by atoms with Crippen molar-refractivity contribution in [2.75, 3.05) is 39.8 Å². The van der Waals surface area contributed by atoms with Crippen molar-refractivity contribution in [3.05, 3.63) is 35.4 Å². The van der Waals surface area contributed by atoms with Crippen LogP contribution in [0.4, 0.5) is 0 Å². The molecule has 0 radical (unpaired) electrons. The molecule has 3 rings (SSSR count). The molecule has 1 heterocycles. The second-order valence-electron chi connectivity index (χ2n) is 7.01. The highest BCUT2D eigenvalue weighted by Gasteiger charge is 2.22. The maximum absolute atomic E-state index is 4.70. The second-order valence-corrected chi connectivity index (χ2v) is 7.01. The molecule has 1 aromatic rings. The minimum atomic E-state index is 0. The Bertz CT molecular complexity index is 533. The number of nitrogens with zero attached hydrogens (tertiary/aromatic N) is 3. The van der Waals surface area contributed by atoms with Gasteiger partial charge in [0.2, 0.25) is 0 Å². The maximum Gasteiger partial charge on any atom is 0.191 e. The standard InChI is InChI=1S/C19H31N5.HI/c1-3-20-19(22-18-8-9-18)21-14-16-4-6-17(7-5-16)15-24-12-10-23(2)11-13-24;/h4-7,18H,3,8-15H2,1-2H3,(H2,20,21,22);1H. The number of halogens is 1. The van der Waals surface area contributed by atoms with Gasteiger partial charge in [-0.2, -0.15) is 0 Å². The van der Waals surface area contributed by atoms with Crippen molar-refractivity contribution in [3.8, 4) is 0 Å². The fourth-order valence-electron chi connectivity index (χ4n) is 2.93. The van der Waals surface area contributed by atoms with Crippen molar-refractivity contribution in [1.29, 1.82) is 0 Å². The molecule has 5 nitrogen and oxygen atoms in total. The SMILES string of the molecule is CCNC(=NCc1ccc(CN2CCN(C)CC2)cc1)NC1CC1.I. The summed E-state index contributed by atoms with van der Waals surface area (Å²) in [5.74, 6) is 0.946. The summed E-state index contributed by atoms with van der Waals surface area (Å²) in [7, 11) is 2.20. The van der Waals surface area contributed by atoms with Crippen molar-refractivity contribution < 1.29 is 0 Å². The van der Waals surface area contributed by atoms with Crippen molar-refractivity contribution in [2.45, 2.75) is 38.9 Å². The van der Waals surface area contributed by atoms with Crippen LogP contribution in [0.3, 0.4) is 0 Å². The highest BCUT2D eigenvalue weighted by molar-refractivity contribution is 14.0. The average Bonchev–Trinajstić information content (AvgIpc) is 3.40. The first kappa shape index (κ1) is 20.5. The zero-order valence-electron chi connectivity index (χ0n) is 15.5. The van der Waals surface area contributed by atoms with Gasteiger partial charge in [-0.15, -0.1) is 24.0 Å². The Labute approximate surface area is 169 Å². The van der Waals surface area contributed by atoms with Crippen LogP contribution in [-0.2, 0) is 13.1 Å². The van der Waals surface area contributed by atoms with E-state index < -0.39 is 0 Å². The van der Waals surface area contributed by atoms with E-state index in [9.17, 15) is 0 Å². The maximum atomic E-state index is 4.70. The fourth-order valence-corrected chi connectivity index (χ4v) is 2.93. The highest BCUT2D eigenvalue weighted by atomic mass is 127. The minimum Gasteiger partial charge on any atom is -0.357 e. The van der Waals surface area contributed by atoms with Gasteiger partial charge in [0.05, 0.1) is 6.54 Å². The van der Waals surface area contributed by atoms with E-state index >= 15 is 0 Å². The molecule has 0 unspecified atom stereocenters. The van der Waals surface area contributed by atoms with Crippen LogP contribution < -0.4 is 10.6 Å². The summed E-state index contributed by atoms with van der Waals surface area (Å²) < 4.78 is 0. The molecule has 1 aliphatic carbocycles. The van der Waals surface area contributed by atoms with E-state index in [1.165, 1.54) is 50.1 Å². The molecule has 0 spiro atoms. The topological polar surface area (TPSA) is 42.9 Å². The minimum absolute atomic E-state index is 0. The molecule has 1 saturated heterocycles. The summed E-state index contributed by atoms with van der Waals surface area (Å²) in [5, 5.41) is 6.78. The number of nitrogens with one attached hydrogen (secondary N) is 2. The number of hydrogen-bond acceptors (Lipinski definition) is 3. The van der Waals surface area contributed by atoms with Gasteiger partial charge in [0.15, 0.2) is 5.96 Å². The molecule has 0 atom stereocenters. The number of hydrogen-bond donors (Lipinski definition) is 2. The number of guanidine groups is 1. The molecule has 25 heavy (non-hydrogen) atoms. The van der Waals surface area contributed by atoms with E-state index in [0.717, 1.165) is 25.6 Å². The Balaban J connectivity index is 0.00000225. The van der Waals surface area contributed by atoms with E-state index in [0.29, 0.717) is 6.04 Å². The normalized spacial score (nSPS) is 19.4. The van der Waals surface area contributed by atoms with Crippen LogP contribution in [0.15, 0.2) is 29.3 Å². The van der Waals surface area contributed by atoms with Crippen LogP contribution in [0, 0.1) is 0 Å². The van der Waals surface area contributed by atoms with Gasteiger partial charge in [-0.05, 0) is 37.9 Å². The molecule has 1 saturated carbocycles. The molecule has 2 aliphatic rings. The van der Waals surface area contributed by atoms with Crippen LogP contribution in [0.2, 0.25) is 0 Å². The van der Waals surface area contributed by atoms with E-state index in [4.69, 9.17) is 4.99 Å². The van der Waals surface area contributed by atoms with Crippen LogP contribution in [-0.4, -0.2) is 61.6 Å². The van der Waals surface area contributed by atoms with Crippen LogP contribution >= 0.6 is 24.0 Å². The van der Waals surface area contributed by atoms with Crippen molar-refractivity contribution in [2.24, 2.45) is 4.99 Å². The molecule has 2 N–H and O–H groups in total. The first-order valence-corrected chi connectivity index (χ1v) is 9.26. The largest absolute Gasteiger partial charge is 0.357 e. The van der Waals surface area contributed by atoms with E-state index in [1.807, 2.05) is 0 Å². The Hall–Kier alpha value is -0.860. The van der Waals surface area contributed by atoms with Crippen LogP contribution in [0.25, 0.3) is 0 Å². The first-order valence-electron chi connectivity index (χ1n) is 9.26. The lowest BCUT2D eigenvalue weighted by molar-refractivity contribution is 0.148. The van der Waals surface area contributed by atoms with Gasteiger partial charge >= 0.3 is 0 Å². The number of likely N-dealkylation sites (N-methyl/N-ethyl adjacent to an activating group) is 1. The fraction of sp³-hybridized carbons (Fsp3) is 0.632. The average molecular weight is 457 g/mol. The smallest absolute Gasteiger partial charge is 0.191 e. The molecular formula is C19H32IN5. The van der Waals surface area contributed by atoms with Crippen LogP contribution in [0.5, 0.6) is 0 Å². The summed E-state index contributed by atoms with van der Waals surface area (Å²) in [6, 6.07) is 9.58. The molecule has 2 fully saturated rings. The van der Waals surface area contributed by atoms with Crippen LogP contribution in [0.1, 0.15) is 30.9 Å².